The fraction of sp³-hybridized carbons (Fsp3) is 0.364. The van der Waals surface area contributed by atoms with E-state index in [9.17, 15) is 4.79 Å². The van der Waals surface area contributed by atoms with Crippen molar-refractivity contribution < 1.29 is 9.53 Å². The van der Waals surface area contributed by atoms with E-state index in [2.05, 4.69) is 27.3 Å². The summed E-state index contributed by atoms with van der Waals surface area (Å²) in [5.41, 5.74) is 3.50. The topological polar surface area (TPSA) is 53.9 Å². The molecule has 0 bridgehead atoms. The number of piperidine rings is 1. The molecule has 29 heavy (non-hydrogen) atoms. The molecule has 0 aliphatic carbocycles. The summed E-state index contributed by atoms with van der Waals surface area (Å²) in [6.07, 6.45) is 1.57. The summed E-state index contributed by atoms with van der Waals surface area (Å²) >= 11 is 6.02. The minimum Gasteiger partial charge on any atom is -0.469 e. The average molecular weight is 528 g/mol. The van der Waals surface area contributed by atoms with Crippen LogP contribution in [0.3, 0.4) is 0 Å². The van der Waals surface area contributed by atoms with Gasteiger partial charge in [0.1, 0.15) is 0 Å². The van der Waals surface area contributed by atoms with Gasteiger partial charge in [-0.15, -0.1) is 24.0 Å². The molecule has 1 N–H and O–H groups in total. The van der Waals surface area contributed by atoms with Gasteiger partial charge in [-0.25, -0.2) is 0 Å². The first-order chi connectivity index (χ1) is 13.6. The minimum absolute atomic E-state index is 0. The minimum atomic E-state index is -0.112. The van der Waals surface area contributed by atoms with Gasteiger partial charge in [-0.2, -0.15) is 0 Å². The van der Waals surface area contributed by atoms with Crippen molar-refractivity contribution in [1.29, 1.82) is 0 Å². The summed E-state index contributed by atoms with van der Waals surface area (Å²) in [5.74, 6) is 0.735. The molecule has 0 aromatic heterocycles. The number of benzene rings is 2. The number of aliphatic imine (C=N–C) groups is 1. The summed E-state index contributed by atoms with van der Waals surface area (Å²) in [7, 11) is 3.24. The molecule has 0 radical (unpaired) electrons. The lowest BCUT2D eigenvalue weighted by molar-refractivity contribution is -0.146. The molecule has 1 fully saturated rings. The number of halogens is 2. The third kappa shape index (κ3) is 6.09. The van der Waals surface area contributed by atoms with Crippen LogP contribution in [0.4, 0.5) is 0 Å². The zero-order valence-electron chi connectivity index (χ0n) is 16.7. The predicted molar refractivity (Wildman–Crippen MR) is 129 cm³/mol. The van der Waals surface area contributed by atoms with Gasteiger partial charge in [-0.3, -0.25) is 9.79 Å². The highest BCUT2D eigenvalue weighted by Crippen LogP contribution is 2.25. The Morgan fingerprint density at radius 2 is 1.83 bits per heavy atom. The van der Waals surface area contributed by atoms with Gasteiger partial charge < -0.3 is 15.0 Å². The Labute approximate surface area is 194 Å². The van der Waals surface area contributed by atoms with Crippen LogP contribution in [0, 0.1) is 5.92 Å². The van der Waals surface area contributed by atoms with E-state index >= 15 is 0 Å². The van der Waals surface area contributed by atoms with Crippen LogP contribution in [-0.2, 0) is 16.1 Å². The zero-order chi connectivity index (χ0) is 19.9. The van der Waals surface area contributed by atoms with Gasteiger partial charge in [0.15, 0.2) is 5.96 Å². The fourth-order valence-corrected chi connectivity index (χ4v) is 3.71. The number of carbonyl (C=O) groups excluding carboxylic acids is 1. The Morgan fingerprint density at radius 1 is 1.17 bits per heavy atom. The number of esters is 1. The summed E-state index contributed by atoms with van der Waals surface area (Å²) in [4.78, 5) is 18.3. The Kier molecular flexibility index (Phi) is 9.23. The van der Waals surface area contributed by atoms with Crippen molar-refractivity contribution in [3.05, 3.63) is 59.1 Å². The third-order valence-corrected chi connectivity index (χ3v) is 5.40. The molecule has 5 nitrogen and oxygen atoms in total. The first-order valence-electron chi connectivity index (χ1n) is 9.49. The number of likely N-dealkylation sites (tertiary alicyclic amines) is 1. The van der Waals surface area contributed by atoms with E-state index in [1.807, 2.05) is 36.4 Å². The van der Waals surface area contributed by atoms with E-state index in [1.165, 1.54) is 18.2 Å². The zero-order valence-corrected chi connectivity index (χ0v) is 19.8. The number of nitrogens with zero attached hydrogens (tertiary/aromatic N) is 2. The second kappa shape index (κ2) is 11.4. The summed E-state index contributed by atoms with van der Waals surface area (Å²) in [6.45, 7) is 2.25. The molecule has 0 spiro atoms. The predicted octanol–water partition coefficient (Wildman–Crippen LogP) is 4.59. The van der Waals surface area contributed by atoms with Crippen LogP contribution in [0.15, 0.2) is 53.5 Å². The lowest BCUT2D eigenvalue weighted by atomic mass is 9.97. The Bertz CT molecular complexity index is 834. The van der Waals surface area contributed by atoms with Gasteiger partial charge in [-0.1, -0.05) is 48.0 Å². The summed E-state index contributed by atoms with van der Waals surface area (Å²) in [5, 5.41) is 4.20. The van der Waals surface area contributed by atoms with E-state index in [0.717, 1.165) is 42.5 Å². The standard InChI is InChI=1S/C22H26ClN3O2.HI/c1-24-22(26-13-11-17(12-14-26)21(27)28-2)25-15-18-5-3-4-6-20(18)16-7-9-19(23)10-8-16;/h3-10,17H,11-15H2,1-2H3,(H,24,25);1H. The molecule has 3 rings (SSSR count). The van der Waals surface area contributed by atoms with Crippen molar-refractivity contribution in [1.82, 2.24) is 10.2 Å². The van der Waals surface area contributed by atoms with Crippen molar-refractivity contribution >= 4 is 47.5 Å². The Balaban J connectivity index is 0.00000300. The van der Waals surface area contributed by atoms with Gasteiger partial charge in [0, 0.05) is 31.7 Å². The van der Waals surface area contributed by atoms with Crippen LogP contribution in [0.25, 0.3) is 11.1 Å². The molecule has 2 aromatic rings. The van der Waals surface area contributed by atoms with Gasteiger partial charge in [-0.05, 0) is 41.7 Å². The number of methoxy groups -OCH3 is 1. The summed E-state index contributed by atoms with van der Waals surface area (Å²) in [6, 6.07) is 16.2. The number of carbonyl (C=O) groups is 1. The first-order valence-corrected chi connectivity index (χ1v) is 9.87. The number of nitrogens with one attached hydrogen (secondary N) is 1. The van der Waals surface area contributed by atoms with Crippen LogP contribution in [0.5, 0.6) is 0 Å². The molecule has 1 heterocycles. The maximum Gasteiger partial charge on any atom is 0.308 e. The Hall–Kier alpha value is -1.80. The maximum absolute atomic E-state index is 11.7. The van der Waals surface area contributed by atoms with Gasteiger partial charge in [0.25, 0.3) is 0 Å². The van der Waals surface area contributed by atoms with Crippen LogP contribution in [0.1, 0.15) is 18.4 Å². The molecule has 0 amide bonds. The molecular weight excluding hydrogens is 501 g/mol. The smallest absolute Gasteiger partial charge is 0.308 e. The highest BCUT2D eigenvalue weighted by Gasteiger charge is 2.26. The van der Waals surface area contributed by atoms with Crippen molar-refractivity contribution in [3.8, 4) is 11.1 Å². The average Bonchev–Trinajstić information content (AvgIpc) is 2.75. The maximum atomic E-state index is 11.7. The molecular formula is C22H27ClIN3O2. The van der Waals surface area contributed by atoms with Crippen LogP contribution >= 0.6 is 35.6 Å². The highest BCUT2D eigenvalue weighted by molar-refractivity contribution is 14.0. The second-order valence-electron chi connectivity index (χ2n) is 6.85. The van der Waals surface area contributed by atoms with Crippen molar-refractivity contribution in [2.24, 2.45) is 10.9 Å². The van der Waals surface area contributed by atoms with E-state index < -0.39 is 0 Å². The van der Waals surface area contributed by atoms with Crippen LogP contribution < -0.4 is 5.32 Å². The summed E-state index contributed by atoms with van der Waals surface area (Å²) < 4.78 is 4.87. The van der Waals surface area contributed by atoms with Gasteiger partial charge in [0.2, 0.25) is 0 Å². The third-order valence-electron chi connectivity index (χ3n) is 5.15. The van der Waals surface area contributed by atoms with E-state index in [1.54, 1.807) is 7.05 Å². The Morgan fingerprint density at radius 3 is 2.45 bits per heavy atom. The van der Waals surface area contributed by atoms with Gasteiger partial charge in [0.05, 0.1) is 13.0 Å². The molecule has 2 aromatic carbocycles. The molecule has 1 aliphatic rings. The van der Waals surface area contributed by atoms with E-state index in [0.29, 0.717) is 6.54 Å². The van der Waals surface area contributed by atoms with Crippen molar-refractivity contribution in [2.45, 2.75) is 19.4 Å². The van der Waals surface area contributed by atoms with Gasteiger partial charge >= 0.3 is 5.97 Å². The quantitative estimate of drug-likeness (QED) is 0.274. The molecule has 0 unspecified atom stereocenters. The fourth-order valence-electron chi connectivity index (χ4n) is 3.59. The first kappa shape index (κ1) is 23.5. The molecule has 156 valence electrons. The molecule has 1 saturated heterocycles. The highest BCUT2D eigenvalue weighted by atomic mass is 127. The van der Waals surface area contributed by atoms with Crippen LogP contribution in [0.2, 0.25) is 5.02 Å². The lowest BCUT2D eigenvalue weighted by Crippen LogP contribution is -2.46. The molecule has 7 heteroatoms. The van der Waals surface area contributed by atoms with E-state index in [-0.39, 0.29) is 35.9 Å². The SMILES string of the molecule is CN=C(NCc1ccccc1-c1ccc(Cl)cc1)N1CCC(C(=O)OC)CC1.I. The lowest BCUT2D eigenvalue weighted by Gasteiger charge is -2.33. The normalized spacial score (nSPS) is 14.9. The van der Waals surface area contributed by atoms with Crippen molar-refractivity contribution in [2.75, 3.05) is 27.2 Å². The molecule has 0 saturated carbocycles. The number of hydrogen-bond donors (Lipinski definition) is 1. The number of rotatable bonds is 4. The van der Waals surface area contributed by atoms with Crippen molar-refractivity contribution in [3.63, 3.8) is 0 Å². The van der Waals surface area contributed by atoms with Crippen LogP contribution in [-0.4, -0.2) is 44.1 Å². The molecule has 1 aliphatic heterocycles. The second-order valence-corrected chi connectivity index (χ2v) is 7.29. The largest absolute Gasteiger partial charge is 0.469 e. The number of guanidine groups is 1. The number of hydrogen-bond acceptors (Lipinski definition) is 3. The molecule has 0 atom stereocenters. The monoisotopic (exact) mass is 527 g/mol. The van der Waals surface area contributed by atoms with E-state index in [4.69, 9.17) is 16.3 Å². The number of ether oxygens (including phenoxy) is 1.